The second kappa shape index (κ2) is 32.9. The molecule has 4 aromatic carbocycles. The number of ether oxygens (including phenoxy) is 8. The summed E-state index contributed by atoms with van der Waals surface area (Å²) in [5.41, 5.74) is 1.38. The normalized spacial score (nSPS) is 11.7. The molecule has 9 rings (SSSR count). The topological polar surface area (TPSA) is 179 Å². The summed E-state index contributed by atoms with van der Waals surface area (Å²) in [5, 5.41) is 1.75. The molecule has 0 saturated carbocycles. The van der Waals surface area contributed by atoms with Crippen LogP contribution in [-0.4, -0.2) is 82.8 Å². The molecule has 483 valence electrons. The molecule has 89 heavy (non-hydrogen) atoms. The number of halogens is 8. The first-order chi connectivity index (χ1) is 42.7. The fraction of sp³-hybridized carbons (Fsp3) is 0.500. The summed E-state index contributed by atoms with van der Waals surface area (Å²) in [5.74, 6) is 1.60. The van der Waals surface area contributed by atoms with Crippen molar-refractivity contribution in [1.29, 1.82) is 0 Å². The van der Waals surface area contributed by atoms with Gasteiger partial charge in [0, 0.05) is 44.1 Å². The van der Waals surface area contributed by atoms with Gasteiger partial charge in [0.15, 0.2) is 0 Å². The smallest absolute Gasteiger partial charge is 0.491 e. The fourth-order valence-corrected chi connectivity index (χ4v) is 11.7. The Morgan fingerprint density at radius 2 is 0.404 bits per heavy atom. The van der Waals surface area contributed by atoms with Crippen LogP contribution in [0.5, 0.6) is 46.0 Å². The van der Waals surface area contributed by atoms with Gasteiger partial charge >= 0.3 is 17.1 Å². The van der Waals surface area contributed by atoms with Gasteiger partial charge in [-0.25, -0.2) is 9.97 Å². The summed E-state index contributed by atoms with van der Waals surface area (Å²) in [7, 11) is 0. The van der Waals surface area contributed by atoms with Crippen molar-refractivity contribution in [2.24, 2.45) is 0 Å². The van der Waals surface area contributed by atoms with E-state index in [0.29, 0.717) is 95.2 Å². The molecule has 0 fully saturated rings. The molecule has 7 aromatic rings. The predicted octanol–water partition coefficient (Wildman–Crippen LogP) is 20.8. The van der Waals surface area contributed by atoms with Crippen molar-refractivity contribution in [3.63, 3.8) is 0 Å². The summed E-state index contributed by atoms with van der Waals surface area (Å²) in [4.78, 5) is 42.8. The Morgan fingerprint density at radius 3 is 0.573 bits per heavy atom. The number of nitrogens with zero attached hydrogens (tertiary/aromatic N) is 8. The Kier molecular flexibility index (Phi) is 26.0. The van der Waals surface area contributed by atoms with E-state index in [1.165, 1.54) is 0 Å². The minimum absolute atomic E-state index is 0. The number of rotatable bonds is 32. The van der Waals surface area contributed by atoms with Crippen molar-refractivity contribution in [2.75, 3.05) is 52.9 Å². The van der Waals surface area contributed by atoms with Crippen LogP contribution >= 0.6 is 92.8 Å². The molecule has 0 unspecified atom stereocenters. The maximum absolute atomic E-state index is 7.39. The van der Waals surface area contributed by atoms with Crippen molar-refractivity contribution in [1.82, 2.24) is 39.9 Å². The van der Waals surface area contributed by atoms with Crippen LogP contribution in [0.1, 0.15) is 158 Å². The third kappa shape index (κ3) is 14.5. The Labute approximate surface area is 570 Å². The van der Waals surface area contributed by atoms with Gasteiger partial charge in [-0.2, -0.15) is 0 Å². The monoisotopic (exact) mass is 1420 g/mol. The predicted molar refractivity (Wildman–Crippen MR) is 357 cm³/mol. The van der Waals surface area contributed by atoms with Gasteiger partial charge in [0.25, 0.3) is 0 Å². The van der Waals surface area contributed by atoms with E-state index in [2.05, 4.69) is 55.4 Å². The zero-order valence-electron chi connectivity index (χ0n) is 51.1. The largest absolute Gasteiger partial charge is 2.00 e. The standard InChI is InChI=1S/C64H72Cl8N8O8.Cu/c1-9-17-25-81-49-33-34(50(42(66)41(49)65)82-26-18-10-2)58-73-57(33)77-59-35-36(52(84-28-20-12-4)44(68)43(67)51(35)83-27-19-11-3)61(74-59)79-63-39-40(56(88-32-24-16-8)48(72)47(71)55(39)87-31-23-15-7)64(76-63)80-62-38-37(60(75-62)78-58)53(85-29-21-13-5)45(69)46(70)54(38)86-30-22-14-6;/h9-32H2,1-8H3;/q-2;+2. The van der Waals surface area contributed by atoms with Crippen LogP contribution in [0.2, 0.25) is 40.2 Å². The molecule has 0 N–H and O–H groups in total. The first kappa shape index (κ1) is 70.3. The summed E-state index contributed by atoms with van der Waals surface area (Å²) in [6.07, 6.45) is 11.8. The molecule has 8 bridgehead atoms. The average molecular weight is 1430 g/mol. The Bertz CT molecular complexity index is 3390. The molecular formula is C64H72Cl8CuN8O8. The fourth-order valence-electron chi connectivity index (χ4n) is 9.82. The van der Waals surface area contributed by atoms with E-state index in [1.54, 1.807) is 0 Å². The first-order valence-corrected chi connectivity index (χ1v) is 33.7. The average Bonchev–Trinajstić information content (AvgIpc) is 1.77. The molecular weight excluding hydrogens is 1360 g/mol. The van der Waals surface area contributed by atoms with Gasteiger partial charge in [0.1, 0.15) is 86.2 Å². The van der Waals surface area contributed by atoms with E-state index in [4.69, 9.17) is 171 Å². The van der Waals surface area contributed by atoms with Crippen LogP contribution in [0.25, 0.3) is 89.7 Å². The molecule has 3 aromatic heterocycles. The van der Waals surface area contributed by atoms with E-state index in [1.807, 2.05) is 0 Å². The van der Waals surface area contributed by atoms with Gasteiger partial charge in [-0.1, -0.05) is 200 Å². The maximum atomic E-state index is 7.39. The maximum Gasteiger partial charge on any atom is 2.00 e. The Hall–Kier alpha value is -4.52. The third-order valence-corrected chi connectivity index (χ3v) is 17.9. The molecule has 0 amide bonds. The first-order valence-electron chi connectivity index (χ1n) is 30.7. The summed E-state index contributed by atoms with van der Waals surface area (Å²) < 4.78 is 53.3. The number of hydrogen-bond donors (Lipinski definition) is 0. The Morgan fingerprint density at radius 1 is 0.247 bits per heavy atom. The zero-order valence-corrected chi connectivity index (χ0v) is 58.1. The van der Waals surface area contributed by atoms with Gasteiger partial charge in [-0.15, -0.1) is 0 Å². The molecule has 1 radical (unpaired) electrons. The number of hydrogen-bond acceptors (Lipinski definition) is 14. The summed E-state index contributed by atoms with van der Waals surface area (Å²) >= 11 is 59.1. The molecule has 25 heteroatoms. The van der Waals surface area contributed by atoms with Crippen molar-refractivity contribution >= 4 is 137 Å². The van der Waals surface area contributed by atoms with E-state index >= 15 is 0 Å². The minimum atomic E-state index is 0. The second-order valence-corrected chi connectivity index (χ2v) is 24.3. The van der Waals surface area contributed by atoms with Crippen molar-refractivity contribution in [3.8, 4) is 91.5 Å². The van der Waals surface area contributed by atoms with Crippen molar-refractivity contribution < 1.29 is 55.0 Å². The van der Waals surface area contributed by atoms with Crippen molar-refractivity contribution in [2.45, 2.75) is 158 Å². The number of fused-ring (bicyclic) bond motifs is 20. The van der Waals surface area contributed by atoms with Crippen LogP contribution in [0.4, 0.5) is 0 Å². The molecule has 2 aliphatic heterocycles. The third-order valence-electron chi connectivity index (χ3n) is 14.6. The Balaban J connectivity index is 0.0000102. The van der Waals surface area contributed by atoms with Crippen LogP contribution in [-0.2, 0) is 17.1 Å². The van der Waals surface area contributed by atoms with Gasteiger partial charge < -0.3 is 67.8 Å². The molecule has 0 saturated heterocycles. The van der Waals surface area contributed by atoms with E-state index in [0.717, 1.165) is 51.4 Å². The molecule has 16 nitrogen and oxygen atoms in total. The van der Waals surface area contributed by atoms with Gasteiger partial charge in [-0.3, -0.25) is 0 Å². The molecule has 0 aliphatic carbocycles. The molecule has 0 spiro atoms. The van der Waals surface area contributed by atoms with E-state index in [-0.39, 0.29) is 202 Å². The molecule has 0 atom stereocenters. The van der Waals surface area contributed by atoms with Crippen LogP contribution in [0, 0.1) is 0 Å². The molecule has 5 heterocycles. The van der Waals surface area contributed by atoms with E-state index < -0.39 is 0 Å². The van der Waals surface area contributed by atoms with E-state index in [9.17, 15) is 0 Å². The van der Waals surface area contributed by atoms with Gasteiger partial charge in [0.05, 0.1) is 98.4 Å². The molecule has 2 aliphatic rings. The van der Waals surface area contributed by atoms with Crippen LogP contribution in [0.3, 0.4) is 0 Å². The van der Waals surface area contributed by atoms with Gasteiger partial charge in [0.2, 0.25) is 0 Å². The minimum Gasteiger partial charge on any atom is -0.491 e. The van der Waals surface area contributed by atoms with Gasteiger partial charge in [-0.05, 0) is 51.4 Å². The second-order valence-electron chi connectivity index (χ2n) is 21.2. The summed E-state index contributed by atoms with van der Waals surface area (Å²) in [6.45, 7) is 18.5. The number of benzene rings is 4. The zero-order chi connectivity index (χ0) is 62.8. The van der Waals surface area contributed by atoms with Crippen LogP contribution in [0.15, 0.2) is 0 Å². The van der Waals surface area contributed by atoms with Crippen LogP contribution < -0.4 is 47.9 Å². The quantitative estimate of drug-likeness (QED) is 0.0287. The van der Waals surface area contributed by atoms with Crippen molar-refractivity contribution in [3.05, 3.63) is 40.2 Å². The summed E-state index contributed by atoms with van der Waals surface area (Å²) in [6, 6.07) is 0. The number of unbranched alkanes of at least 4 members (excludes halogenated alkanes) is 8. The number of aromatic nitrogens is 8. The SMILES string of the molecule is CCCCOc1c(Cl)c(Cl)c(OCCCC)c2c1-c1nc-2nc2[n-]c(nc3nc(nc4[n-]c(n1)c1c(OCCCC)c(Cl)c(Cl)c(OCCCC)c41)-c1c(OCCCC)c(Cl)c(Cl)c(OCCCC)c1-3)c1c(OCCCC)c(Cl)c(Cl)c(OCCCC)c21.[Cu+2].